The van der Waals surface area contributed by atoms with Crippen LogP contribution in [0.2, 0.25) is 5.02 Å². The van der Waals surface area contributed by atoms with E-state index in [1.807, 2.05) is 0 Å². The molecule has 7 nitrogen and oxygen atoms in total. The third-order valence-corrected chi connectivity index (χ3v) is 5.96. The van der Waals surface area contributed by atoms with Crippen LogP contribution in [0, 0.1) is 19.3 Å². The first-order chi connectivity index (χ1) is 12.4. The van der Waals surface area contributed by atoms with E-state index in [1.165, 1.54) is 23.0 Å². The molecule has 0 aliphatic heterocycles. The summed E-state index contributed by atoms with van der Waals surface area (Å²) in [7, 11) is -3.91. The molecule has 0 bridgehead atoms. The number of unbranched alkanes of at least 4 members (excludes halogenated alkanes) is 1. The Morgan fingerprint density at radius 2 is 2.12 bits per heavy atom. The number of benzene rings is 1. The van der Waals surface area contributed by atoms with Crippen molar-refractivity contribution in [2.24, 2.45) is 0 Å². The molecule has 3 aromatic rings. The number of sulfone groups is 1. The first-order valence-electron chi connectivity index (χ1n) is 7.77. The third kappa shape index (κ3) is 3.11. The zero-order valence-corrected chi connectivity index (χ0v) is 15.5. The Morgan fingerprint density at radius 1 is 1.35 bits per heavy atom. The lowest BCUT2D eigenvalue weighted by Crippen LogP contribution is -2.13. The molecule has 0 aliphatic carbocycles. The van der Waals surface area contributed by atoms with Crippen molar-refractivity contribution in [3.63, 3.8) is 0 Å². The summed E-state index contributed by atoms with van der Waals surface area (Å²) in [5, 5.41) is 0.321. The second-order valence-electron chi connectivity index (χ2n) is 5.70. The number of imidazole rings is 1. The van der Waals surface area contributed by atoms with Crippen LogP contribution in [0.3, 0.4) is 0 Å². The minimum atomic E-state index is -3.91. The maximum atomic E-state index is 13.2. The van der Waals surface area contributed by atoms with Gasteiger partial charge in [0.2, 0.25) is 15.0 Å². The average molecular weight is 390 g/mol. The van der Waals surface area contributed by atoms with Gasteiger partial charge < -0.3 is 5.73 Å². The van der Waals surface area contributed by atoms with Gasteiger partial charge in [0.25, 0.3) is 0 Å². The Hall–Kier alpha value is -2.63. The number of anilines is 1. The molecule has 1 aromatic carbocycles. The zero-order valence-electron chi connectivity index (χ0n) is 14.0. The molecular formula is C17H16ClN5O2S. The normalized spacial score (nSPS) is 11.6. The summed E-state index contributed by atoms with van der Waals surface area (Å²) in [6.07, 6.45) is 7.66. The quantitative estimate of drug-likeness (QED) is 0.531. The predicted molar refractivity (Wildman–Crippen MR) is 99.4 cm³/mol. The number of nitrogens with two attached hydrogens (primary N) is 1. The van der Waals surface area contributed by atoms with E-state index >= 15 is 0 Å². The second kappa shape index (κ2) is 6.94. The van der Waals surface area contributed by atoms with Crippen molar-refractivity contribution in [3.05, 3.63) is 35.1 Å². The van der Waals surface area contributed by atoms with Gasteiger partial charge in [-0.1, -0.05) is 11.6 Å². The lowest BCUT2D eigenvalue weighted by atomic mass is 10.2. The molecule has 0 saturated heterocycles. The maximum Gasteiger partial charge on any atom is 0.240 e. The average Bonchev–Trinajstić information content (AvgIpc) is 2.96. The highest BCUT2D eigenvalue weighted by Crippen LogP contribution is 2.29. The number of nitrogen functional groups attached to an aromatic ring is 1. The zero-order chi connectivity index (χ0) is 18.9. The molecule has 26 heavy (non-hydrogen) atoms. The molecule has 2 N–H and O–H groups in total. The lowest BCUT2D eigenvalue weighted by Gasteiger charge is -2.10. The summed E-state index contributed by atoms with van der Waals surface area (Å²) >= 11 is 5.94. The van der Waals surface area contributed by atoms with E-state index in [0.29, 0.717) is 35.6 Å². The molecule has 0 atom stereocenters. The molecular weight excluding hydrogens is 374 g/mol. The van der Waals surface area contributed by atoms with Gasteiger partial charge in [-0.05, 0) is 37.1 Å². The largest absolute Gasteiger partial charge is 0.382 e. The Morgan fingerprint density at radius 3 is 2.81 bits per heavy atom. The number of terminal acetylenes is 1. The maximum absolute atomic E-state index is 13.2. The van der Waals surface area contributed by atoms with Crippen LogP contribution < -0.4 is 5.73 Å². The second-order valence-corrected chi connectivity index (χ2v) is 7.95. The molecule has 0 aliphatic rings. The van der Waals surface area contributed by atoms with E-state index in [-0.39, 0.29) is 21.4 Å². The van der Waals surface area contributed by atoms with Gasteiger partial charge in [0.05, 0.1) is 4.90 Å². The Labute approximate surface area is 156 Å². The molecule has 0 fully saturated rings. The van der Waals surface area contributed by atoms with Crippen LogP contribution in [-0.4, -0.2) is 27.9 Å². The van der Waals surface area contributed by atoms with E-state index in [9.17, 15) is 8.42 Å². The molecule has 2 aromatic heterocycles. The van der Waals surface area contributed by atoms with Crippen LogP contribution in [-0.2, 0) is 16.4 Å². The number of hydrogen-bond donors (Lipinski definition) is 1. The molecule has 2 heterocycles. The van der Waals surface area contributed by atoms with Crippen molar-refractivity contribution in [1.29, 1.82) is 0 Å². The summed E-state index contributed by atoms with van der Waals surface area (Å²) in [5.41, 5.74) is 6.99. The lowest BCUT2D eigenvalue weighted by molar-refractivity contribution is 0.556. The molecule has 9 heteroatoms. The molecule has 3 rings (SSSR count). The standard InChI is InChI=1S/C17H16ClN5O2S/c1-3-4-5-8-23-16-14(15(19)20-10-21-16)22-17(23)26(24,25)13-7-6-12(18)9-11(13)2/h1,6-7,9-10H,4-5,8H2,2H3,(H2,19,20,21). The van der Waals surface area contributed by atoms with Crippen LogP contribution >= 0.6 is 11.6 Å². The van der Waals surface area contributed by atoms with Crippen LogP contribution in [0.25, 0.3) is 11.2 Å². The highest BCUT2D eigenvalue weighted by Gasteiger charge is 2.28. The number of hydrogen-bond acceptors (Lipinski definition) is 6. The Kier molecular flexibility index (Phi) is 4.85. The van der Waals surface area contributed by atoms with E-state index < -0.39 is 9.84 Å². The SMILES string of the molecule is C#CCCCn1c(S(=O)(=O)c2ccc(Cl)cc2C)nc2c(N)ncnc21. The first kappa shape index (κ1) is 18.2. The molecule has 0 saturated carbocycles. The van der Waals surface area contributed by atoms with Crippen molar-refractivity contribution in [2.45, 2.75) is 36.4 Å². The number of nitrogens with zero attached hydrogens (tertiary/aromatic N) is 4. The van der Waals surface area contributed by atoms with Crippen molar-refractivity contribution in [3.8, 4) is 12.3 Å². The van der Waals surface area contributed by atoms with Gasteiger partial charge in [0.15, 0.2) is 17.0 Å². The van der Waals surface area contributed by atoms with Gasteiger partial charge >= 0.3 is 0 Å². The molecule has 0 radical (unpaired) electrons. The van der Waals surface area contributed by atoms with Crippen LogP contribution in [0.15, 0.2) is 34.6 Å². The Bertz CT molecular complexity index is 1130. The monoisotopic (exact) mass is 389 g/mol. The predicted octanol–water partition coefficient (Wildman–Crippen LogP) is 2.62. The molecule has 0 spiro atoms. The summed E-state index contributed by atoms with van der Waals surface area (Å²) in [6.45, 7) is 2.02. The van der Waals surface area contributed by atoms with Crippen molar-refractivity contribution in [2.75, 3.05) is 5.73 Å². The highest BCUT2D eigenvalue weighted by atomic mass is 35.5. The van der Waals surface area contributed by atoms with Gasteiger partial charge in [-0.15, -0.1) is 12.3 Å². The number of aryl methyl sites for hydroxylation is 2. The van der Waals surface area contributed by atoms with E-state index in [4.69, 9.17) is 23.8 Å². The summed E-state index contributed by atoms with van der Waals surface area (Å²) < 4.78 is 28.0. The molecule has 134 valence electrons. The van der Waals surface area contributed by atoms with Gasteiger partial charge in [0.1, 0.15) is 6.33 Å². The topological polar surface area (TPSA) is 104 Å². The fourth-order valence-electron chi connectivity index (χ4n) is 2.69. The van der Waals surface area contributed by atoms with Crippen LogP contribution in [0.4, 0.5) is 5.82 Å². The van der Waals surface area contributed by atoms with Gasteiger partial charge in [-0.2, -0.15) is 0 Å². The Balaban J connectivity index is 2.24. The summed E-state index contributed by atoms with van der Waals surface area (Å²) in [5.74, 6) is 2.66. The number of halogens is 1. The molecule has 0 amide bonds. The minimum Gasteiger partial charge on any atom is -0.382 e. The molecule has 0 unspecified atom stereocenters. The first-order valence-corrected chi connectivity index (χ1v) is 9.63. The fourth-order valence-corrected chi connectivity index (χ4v) is 4.53. The summed E-state index contributed by atoms with van der Waals surface area (Å²) in [4.78, 5) is 12.4. The van der Waals surface area contributed by atoms with E-state index in [0.717, 1.165) is 0 Å². The van der Waals surface area contributed by atoms with Crippen LogP contribution in [0.5, 0.6) is 0 Å². The van der Waals surface area contributed by atoms with Gasteiger partial charge in [-0.3, -0.25) is 4.57 Å². The number of aromatic nitrogens is 4. The van der Waals surface area contributed by atoms with Gasteiger partial charge in [-0.25, -0.2) is 23.4 Å². The van der Waals surface area contributed by atoms with Gasteiger partial charge in [0, 0.05) is 18.0 Å². The van der Waals surface area contributed by atoms with Crippen molar-refractivity contribution in [1.82, 2.24) is 19.5 Å². The van der Waals surface area contributed by atoms with E-state index in [2.05, 4.69) is 20.9 Å². The minimum absolute atomic E-state index is 0.120. The summed E-state index contributed by atoms with van der Waals surface area (Å²) in [6, 6.07) is 4.59. The van der Waals surface area contributed by atoms with Crippen LogP contribution in [0.1, 0.15) is 18.4 Å². The van der Waals surface area contributed by atoms with Crippen molar-refractivity contribution < 1.29 is 8.42 Å². The number of fused-ring (bicyclic) bond motifs is 1. The fraction of sp³-hybridized carbons (Fsp3) is 0.235. The van der Waals surface area contributed by atoms with Crippen molar-refractivity contribution >= 4 is 38.4 Å². The third-order valence-electron chi connectivity index (χ3n) is 3.89. The highest BCUT2D eigenvalue weighted by molar-refractivity contribution is 7.91. The number of rotatable bonds is 5. The smallest absolute Gasteiger partial charge is 0.240 e. The van der Waals surface area contributed by atoms with E-state index in [1.54, 1.807) is 13.0 Å².